The number of carbonyl (C=O) groups is 1. The minimum Gasteiger partial charge on any atom is -0.355 e. The predicted octanol–water partition coefficient (Wildman–Crippen LogP) is 3.64. The van der Waals surface area contributed by atoms with Crippen molar-refractivity contribution in [3.05, 3.63) is 54.2 Å². The van der Waals surface area contributed by atoms with Crippen LogP contribution in [0.4, 0.5) is 24.7 Å². The van der Waals surface area contributed by atoms with Crippen LogP contribution in [0, 0.1) is 0 Å². The van der Waals surface area contributed by atoms with Gasteiger partial charge in [0.15, 0.2) is 0 Å². The number of alkyl halides is 3. The number of amides is 1. The quantitative estimate of drug-likeness (QED) is 0.844. The molecule has 1 aliphatic heterocycles. The van der Waals surface area contributed by atoms with Gasteiger partial charge in [0.25, 0.3) is 0 Å². The molecule has 1 N–H and O–H groups in total. The van der Waals surface area contributed by atoms with E-state index >= 15 is 0 Å². The van der Waals surface area contributed by atoms with Crippen molar-refractivity contribution in [2.24, 2.45) is 0 Å². The van der Waals surface area contributed by atoms with Crippen molar-refractivity contribution >= 4 is 17.4 Å². The van der Waals surface area contributed by atoms with Crippen LogP contribution in [0.1, 0.15) is 18.4 Å². The lowest BCUT2D eigenvalue weighted by Crippen LogP contribution is -2.33. The third kappa shape index (κ3) is 5.69. The van der Waals surface area contributed by atoms with Gasteiger partial charge >= 0.3 is 6.18 Å². The highest BCUT2D eigenvalue weighted by Gasteiger charge is 2.31. The van der Waals surface area contributed by atoms with Gasteiger partial charge in [0.05, 0.1) is 5.56 Å². The lowest BCUT2D eigenvalue weighted by molar-refractivity contribution is -0.137. The number of aromatic nitrogens is 1. The van der Waals surface area contributed by atoms with Crippen LogP contribution in [-0.4, -0.2) is 48.5 Å². The zero-order valence-electron chi connectivity index (χ0n) is 15.5. The van der Waals surface area contributed by atoms with E-state index < -0.39 is 11.7 Å². The van der Waals surface area contributed by atoms with E-state index in [1.807, 2.05) is 35.2 Å². The second-order valence-corrected chi connectivity index (χ2v) is 6.75. The molecule has 1 saturated heterocycles. The van der Waals surface area contributed by atoms with E-state index in [-0.39, 0.29) is 5.91 Å². The third-order valence-electron chi connectivity index (χ3n) is 4.70. The molecular weight excluding hydrogens is 369 g/mol. The van der Waals surface area contributed by atoms with E-state index in [1.165, 1.54) is 6.07 Å². The normalized spacial score (nSPS) is 15.9. The lowest BCUT2D eigenvalue weighted by Gasteiger charge is -2.23. The Morgan fingerprint density at radius 2 is 1.82 bits per heavy atom. The molecule has 2 aromatic rings. The van der Waals surface area contributed by atoms with E-state index in [0.29, 0.717) is 25.3 Å². The van der Waals surface area contributed by atoms with Gasteiger partial charge in [-0.2, -0.15) is 13.2 Å². The standard InChI is InChI=1S/C20H23F3N4O/c21-20(22,23)16-7-8-18(24-15-16)27-11-4-10-26(13-14-27)12-9-19(28)25-17-5-2-1-3-6-17/h1-3,5-8,15H,4,9-14H2,(H,25,28). The predicted molar refractivity (Wildman–Crippen MR) is 102 cm³/mol. The second kappa shape index (κ2) is 9.05. The van der Waals surface area contributed by atoms with Crippen molar-refractivity contribution in [2.45, 2.75) is 19.0 Å². The Kier molecular flexibility index (Phi) is 6.51. The fourth-order valence-corrected chi connectivity index (χ4v) is 3.17. The number of pyridine rings is 1. The first-order valence-electron chi connectivity index (χ1n) is 9.27. The van der Waals surface area contributed by atoms with Crippen molar-refractivity contribution in [3.8, 4) is 0 Å². The molecule has 0 aliphatic carbocycles. The van der Waals surface area contributed by atoms with E-state index in [9.17, 15) is 18.0 Å². The lowest BCUT2D eigenvalue weighted by atomic mass is 10.2. The van der Waals surface area contributed by atoms with E-state index in [2.05, 4.69) is 15.2 Å². The topological polar surface area (TPSA) is 48.5 Å². The maximum Gasteiger partial charge on any atom is 0.417 e. The monoisotopic (exact) mass is 392 g/mol. The molecule has 150 valence electrons. The highest BCUT2D eigenvalue weighted by Crippen LogP contribution is 2.29. The molecule has 0 atom stereocenters. The van der Waals surface area contributed by atoms with Crippen LogP contribution in [0.25, 0.3) is 0 Å². The van der Waals surface area contributed by atoms with Gasteiger partial charge < -0.3 is 15.1 Å². The zero-order chi connectivity index (χ0) is 20.0. The van der Waals surface area contributed by atoms with Gasteiger partial charge in [0, 0.05) is 44.5 Å². The summed E-state index contributed by atoms with van der Waals surface area (Å²) in [5.41, 5.74) is 0.0417. The van der Waals surface area contributed by atoms with Crippen molar-refractivity contribution in [1.29, 1.82) is 0 Å². The Morgan fingerprint density at radius 1 is 1.04 bits per heavy atom. The number of hydrogen-bond donors (Lipinski definition) is 1. The molecule has 28 heavy (non-hydrogen) atoms. The number of carbonyl (C=O) groups excluding carboxylic acids is 1. The summed E-state index contributed by atoms with van der Waals surface area (Å²) >= 11 is 0. The molecule has 8 heteroatoms. The molecule has 0 bridgehead atoms. The molecule has 2 heterocycles. The fourth-order valence-electron chi connectivity index (χ4n) is 3.17. The Bertz CT molecular complexity index is 765. The van der Waals surface area contributed by atoms with Gasteiger partial charge in [-0.3, -0.25) is 4.79 Å². The zero-order valence-corrected chi connectivity index (χ0v) is 15.5. The highest BCUT2D eigenvalue weighted by atomic mass is 19.4. The Morgan fingerprint density at radius 3 is 2.50 bits per heavy atom. The van der Waals surface area contributed by atoms with Gasteiger partial charge in [-0.1, -0.05) is 18.2 Å². The number of para-hydroxylation sites is 1. The third-order valence-corrected chi connectivity index (χ3v) is 4.70. The molecule has 0 spiro atoms. The number of halogens is 3. The first-order chi connectivity index (χ1) is 13.4. The van der Waals surface area contributed by atoms with Gasteiger partial charge in [0.1, 0.15) is 5.82 Å². The van der Waals surface area contributed by atoms with E-state index in [4.69, 9.17) is 0 Å². The van der Waals surface area contributed by atoms with Crippen LogP contribution < -0.4 is 10.2 Å². The summed E-state index contributed by atoms with van der Waals surface area (Å²) < 4.78 is 38.0. The first-order valence-corrected chi connectivity index (χ1v) is 9.27. The molecule has 1 aromatic carbocycles. The summed E-state index contributed by atoms with van der Waals surface area (Å²) in [5, 5.41) is 2.87. The summed E-state index contributed by atoms with van der Waals surface area (Å²) in [7, 11) is 0. The number of hydrogen-bond acceptors (Lipinski definition) is 4. The molecule has 0 radical (unpaired) electrons. The molecule has 0 unspecified atom stereocenters. The van der Waals surface area contributed by atoms with Crippen molar-refractivity contribution < 1.29 is 18.0 Å². The highest BCUT2D eigenvalue weighted by molar-refractivity contribution is 5.90. The van der Waals surface area contributed by atoms with Crippen LogP contribution in [-0.2, 0) is 11.0 Å². The van der Waals surface area contributed by atoms with Crippen LogP contribution in [0.5, 0.6) is 0 Å². The summed E-state index contributed by atoms with van der Waals surface area (Å²) in [6.45, 7) is 3.62. The van der Waals surface area contributed by atoms with E-state index in [1.54, 1.807) is 0 Å². The van der Waals surface area contributed by atoms with Crippen molar-refractivity contribution in [2.75, 3.05) is 42.9 Å². The van der Waals surface area contributed by atoms with Crippen LogP contribution in [0.15, 0.2) is 48.7 Å². The second-order valence-electron chi connectivity index (χ2n) is 6.75. The van der Waals surface area contributed by atoms with E-state index in [0.717, 1.165) is 44.0 Å². The number of benzene rings is 1. The summed E-state index contributed by atoms with van der Waals surface area (Å²) in [5.74, 6) is 0.522. The number of nitrogens with one attached hydrogen (secondary N) is 1. The molecule has 0 saturated carbocycles. The molecule has 1 aliphatic rings. The van der Waals surface area contributed by atoms with Gasteiger partial charge in [0.2, 0.25) is 5.91 Å². The number of anilines is 2. The average Bonchev–Trinajstić information content (AvgIpc) is 2.92. The Labute approximate surface area is 162 Å². The molecule has 1 amide bonds. The summed E-state index contributed by atoms with van der Waals surface area (Å²) in [6.07, 6.45) is -2.23. The molecular formula is C20H23F3N4O. The smallest absolute Gasteiger partial charge is 0.355 e. The Balaban J connectivity index is 1.47. The maximum absolute atomic E-state index is 12.7. The molecule has 5 nitrogen and oxygen atoms in total. The minimum absolute atomic E-state index is 0.0308. The Hall–Kier alpha value is -2.61. The summed E-state index contributed by atoms with van der Waals surface area (Å²) in [6, 6.07) is 11.8. The number of rotatable bonds is 5. The van der Waals surface area contributed by atoms with Crippen molar-refractivity contribution in [1.82, 2.24) is 9.88 Å². The minimum atomic E-state index is -4.37. The van der Waals surface area contributed by atoms with Gasteiger partial charge in [-0.05, 0) is 37.2 Å². The largest absolute Gasteiger partial charge is 0.417 e. The molecule has 1 aromatic heterocycles. The number of nitrogens with zero attached hydrogens (tertiary/aromatic N) is 3. The molecule has 3 rings (SSSR count). The van der Waals surface area contributed by atoms with Gasteiger partial charge in [-0.25, -0.2) is 4.98 Å². The average molecular weight is 392 g/mol. The molecule has 1 fully saturated rings. The maximum atomic E-state index is 12.7. The SMILES string of the molecule is O=C(CCN1CCCN(c2ccc(C(F)(F)F)cn2)CC1)Nc1ccccc1. The van der Waals surface area contributed by atoms with Gasteiger partial charge in [-0.15, -0.1) is 0 Å². The fraction of sp³-hybridized carbons (Fsp3) is 0.400. The van der Waals surface area contributed by atoms with Crippen LogP contribution >= 0.6 is 0 Å². The van der Waals surface area contributed by atoms with Crippen LogP contribution in [0.2, 0.25) is 0 Å². The first kappa shape index (κ1) is 20.1. The van der Waals surface area contributed by atoms with Crippen molar-refractivity contribution in [3.63, 3.8) is 0 Å². The van der Waals surface area contributed by atoms with Crippen LogP contribution in [0.3, 0.4) is 0 Å². The summed E-state index contributed by atoms with van der Waals surface area (Å²) in [4.78, 5) is 20.3.